The number of carbonyl (C=O) groups is 2. The van der Waals surface area contributed by atoms with E-state index in [0.717, 1.165) is 11.1 Å². The predicted octanol–water partition coefficient (Wildman–Crippen LogP) is 4.34. The highest BCUT2D eigenvalue weighted by Gasteiger charge is 2.17. The number of aromatic nitrogens is 1. The van der Waals surface area contributed by atoms with E-state index in [-0.39, 0.29) is 18.2 Å². The van der Waals surface area contributed by atoms with Crippen LogP contribution in [0.15, 0.2) is 46.5 Å². The highest BCUT2D eigenvalue weighted by Crippen LogP contribution is 2.26. The quantitative estimate of drug-likeness (QED) is 0.571. The summed E-state index contributed by atoms with van der Waals surface area (Å²) in [5.41, 5.74) is 2.05. The van der Waals surface area contributed by atoms with E-state index in [4.69, 9.17) is 16.3 Å². The van der Waals surface area contributed by atoms with Crippen LogP contribution < -0.4 is 0 Å². The number of thiophene rings is 1. The number of carbonyl (C=O) groups excluding carboxylic acids is 2. The molecule has 0 spiro atoms. The van der Waals surface area contributed by atoms with Crippen LogP contribution in [0.1, 0.15) is 16.1 Å². The van der Waals surface area contributed by atoms with E-state index in [1.54, 1.807) is 35.9 Å². The molecule has 0 aliphatic heterocycles. The van der Waals surface area contributed by atoms with Crippen molar-refractivity contribution >= 4 is 46.2 Å². The van der Waals surface area contributed by atoms with Gasteiger partial charge in [0.1, 0.15) is 5.01 Å². The molecule has 0 bridgehead atoms. The van der Waals surface area contributed by atoms with Gasteiger partial charge in [0.2, 0.25) is 0 Å². The molecule has 0 saturated heterocycles. The van der Waals surface area contributed by atoms with E-state index in [1.807, 2.05) is 29.0 Å². The Balaban J connectivity index is 1.56. The fraction of sp³-hybridized carbons (Fsp3) is 0.167. The maximum absolute atomic E-state index is 12.1. The number of ether oxygens (including phenoxy) is 1. The maximum Gasteiger partial charge on any atom is 0.358 e. The van der Waals surface area contributed by atoms with Gasteiger partial charge in [-0.25, -0.2) is 9.78 Å². The van der Waals surface area contributed by atoms with E-state index in [0.29, 0.717) is 16.6 Å². The summed E-state index contributed by atoms with van der Waals surface area (Å²) in [5, 5.41) is 6.80. The third-order valence-corrected chi connectivity index (χ3v) is 5.40. The first-order chi connectivity index (χ1) is 12.5. The lowest BCUT2D eigenvalue weighted by atomic mass is 10.2. The Bertz CT molecular complexity index is 909. The summed E-state index contributed by atoms with van der Waals surface area (Å²) in [4.78, 5) is 30.0. The summed E-state index contributed by atoms with van der Waals surface area (Å²) < 4.78 is 5.09. The molecule has 0 saturated carbocycles. The second-order valence-corrected chi connectivity index (χ2v) is 7.58. The lowest BCUT2D eigenvalue weighted by Crippen LogP contribution is -2.30. The largest absolute Gasteiger partial charge is 0.451 e. The predicted molar refractivity (Wildman–Crippen MR) is 104 cm³/mol. The molecule has 0 fully saturated rings. The molecule has 2 aromatic heterocycles. The number of rotatable bonds is 6. The van der Waals surface area contributed by atoms with Crippen LogP contribution in [-0.2, 0) is 16.1 Å². The molecule has 2 heterocycles. The molecule has 0 unspecified atom stereocenters. The zero-order valence-corrected chi connectivity index (χ0v) is 16.2. The van der Waals surface area contributed by atoms with Crippen LogP contribution in [0.5, 0.6) is 0 Å². The lowest BCUT2D eigenvalue weighted by Gasteiger charge is -2.16. The molecule has 0 atom stereocenters. The molecular formula is C18H15ClN2O3S2. The molecule has 0 aliphatic carbocycles. The van der Waals surface area contributed by atoms with Crippen molar-refractivity contribution < 1.29 is 14.3 Å². The van der Waals surface area contributed by atoms with Gasteiger partial charge in [-0.3, -0.25) is 4.79 Å². The van der Waals surface area contributed by atoms with Gasteiger partial charge in [0.15, 0.2) is 12.3 Å². The average Bonchev–Trinajstić information content (AvgIpc) is 3.31. The molecule has 1 amide bonds. The third-order valence-electron chi connectivity index (χ3n) is 3.54. The SMILES string of the molecule is CN(Cc1ccsc1)C(=O)COC(=O)c1csc(-c2cccc(Cl)c2)n1. The monoisotopic (exact) mass is 406 g/mol. The minimum Gasteiger partial charge on any atom is -0.451 e. The van der Waals surface area contributed by atoms with Crippen LogP contribution in [0.3, 0.4) is 0 Å². The summed E-state index contributed by atoms with van der Waals surface area (Å²) >= 11 is 8.86. The number of hydrogen-bond donors (Lipinski definition) is 0. The van der Waals surface area contributed by atoms with Crippen molar-refractivity contribution in [3.05, 3.63) is 62.8 Å². The number of halogens is 1. The lowest BCUT2D eigenvalue weighted by molar-refractivity contribution is -0.133. The van der Waals surface area contributed by atoms with Gasteiger partial charge in [0.05, 0.1) is 0 Å². The van der Waals surface area contributed by atoms with Crippen molar-refractivity contribution in [1.82, 2.24) is 9.88 Å². The van der Waals surface area contributed by atoms with Gasteiger partial charge in [-0.15, -0.1) is 11.3 Å². The number of esters is 1. The van der Waals surface area contributed by atoms with Gasteiger partial charge >= 0.3 is 5.97 Å². The van der Waals surface area contributed by atoms with Gasteiger partial charge < -0.3 is 9.64 Å². The van der Waals surface area contributed by atoms with Crippen molar-refractivity contribution in [2.45, 2.75) is 6.54 Å². The summed E-state index contributed by atoms with van der Waals surface area (Å²) in [6.07, 6.45) is 0. The number of likely N-dealkylation sites (N-methyl/N-ethyl adjacent to an activating group) is 1. The number of thiazole rings is 1. The van der Waals surface area contributed by atoms with Gasteiger partial charge in [-0.1, -0.05) is 23.7 Å². The first-order valence-corrected chi connectivity index (χ1v) is 9.86. The Kier molecular flexibility index (Phi) is 6.03. The number of nitrogens with zero attached hydrogens (tertiary/aromatic N) is 2. The molecule has 1 aromatic carbocycles. The molecule has 0 N–H and O–H groups in total. The second-order valence-electron chi connectivity index (χ2n) is 5.51. The normalized spacial score (nSPS) is 10.5. The fourth-order valence-corrected chi connectivity index (χ4v) is 3.81. The van der Waals surface area contributed by atoms with Crippen molar-refractivity contribution in [1.29, 1.82) is 0 Å². The van der Waals surface area contributed by atoms with Gasteiger partial charge in [0, 0.05) is 29.6 Å². The van der Waals surface area contributed by atoms with Crippen LogP contribution >= 0.6 is 34.3 Å². The van der Waals surface area contributed by atoms with Crippen molar-refractivity contribution in [2.24, 2.45) is 0 Å². The van der Waals surface area contributed by atoms with E-state index in [9.17, 15) is 9.59 Å². The molecular weight excluding hydrogens is 392 g/mol. The highest BCUT2D eigenvalue weighted by atomic mass is 35.5. The molecule has 0 aliphatic rings. The van der Waals surface area contributed by atoms with Gasteiger partial charge in [-0.2, -0.15) is 11.3 Å². The van der Waals surface area contributed by atoms with E-state index in [2.05, 4.69) is 4.98 Å². The third kappa shape index (κ3) is 4.69. The smallest absolute Gasteiger partial charge is 0.358 e. The van der Waals surface area contributed by atoms with E-state index in [1.165, 1.54) is 16.2 Å². The summed E-state index contributed by atoms with van der Waals surface area (Å²) in [6.45, 7) is 0.166. The zero-order valence-electron chi connectivity index (χ0n) is 13.8. The Morgan fingerprint density at radius 1 is 1.27 bits per heavy atom. The molecule has 5 nitrogen and oxygen atoms in total. The van der Waals surface area contributed by atoms with Crippen LogP contribution in [0.4, 0.5) is 0 Å². The highest BCUT2D eigenvalue weighted by molar-refractivity contribution is 7.13. The molecule has 26 heavy (non-hydrogen) atoms. The number of hydrogen-bond acceptors (Lipinski definition) is 6. The van der Waals surface area contributed by atoms with Crippen LogP contribution in [0.25, 0.3) is 10.6 Å². The minimum absolute atomic E-state index is 0.179. The van der Waals surface area contributed by atoms with Gasteiger partial charge in [0.25, 0.3) is 5.91 Å². The summed E-state index contributed by atoms with van der Waals surface area (Å²) in [6, 6.07) is 9.18. The molecule has 3 aromatic rings. The Labute approximate surface area is 163 Å². The molecule has 8 heteroatoms. The first kappa shape index (κ1) is 18.6. The molecule has 0 radical (unpaired) electrons. The Morgan fingerprint density at radius 2 is 2.12 bits per heavy atom. The Hall–Kier alpha value is -2.22. The minimum atomic E-state index is -0.619. The second kappa shape index (κ2) is 8.44. The van der Waals surface area contributed by atoms with Crippen LogP contribution in [0, 0.1) is 0 Å². The molecule has 3 rings (SSSR count). The number of benzene rings is 1. The zero-order chi connectivity index (χ0) is 18.5. The standard InChI is InChI=1S/C18H15ClN2O3S2/c1-21(8-12-5-6-25-10-12)16(22)9-24-18(23)15-11-26-17(20-15)13-3-2-4-14(19)7-13/h2-7,10-11H,8-9H2,1H3. The van der Waals surface area contributed by atoms with Crippen molar-refractivity contribution in [3.63, 3.8) is 0 Å². The van der Waals surface area contributed by atoms with Crippen molar-refractivity contribution in [3.8, 4) is 10.6 Å². The average molecular weight is 407 g/mol. The van der Waals surface area contributed by atoms with Crippen molar-refractivity contribution in [2.75, 3.05) is 13.7 Å². The number of amides is 1. The Morgan fingerprint density at radius 3 is 2.85 bits per heavy atom. The molecule has 134 valence electrons. The van der Waals surface area contributed by atoms with E-state index >= 15 is 0 Å². The summed E-state index contributed by atoms with van der Waals surface area (Å²) in [7, 11) is 1.67. The first-order valence-electron chi connectivity index (χ1n) is 7.66. The fourth-order valence-electron chi connectivity index (χ4n) is 2.18. The van der Waals surface area contributed by atoms with Crippen LogP contribution in [0.2, 0.25) is 5.02 Å². The topological polar surface area (TPSA) is 59.5 Å². The maximum atomic E-state index is 12.1. The van der Waals surface area contributed by atoms with E-state index < -0.39 is 5.97 Å². The summed E-state index contributed by atoms with van der Waals surface area (Å²) in [5.74, 6) is -0.887. The van der Waals surface area contributed by atoms with Gasteiger partial charge in [-0.05, 0) is 34.5 Å². The van der Waals surface area contributed by atoms with Crippen LogP contribution in [-0.4, -0.2) is 35.4 Å².